The average molecular weight is 352 g/mol. The monoisotopic (exact) mass is 350 g/mol. The van der Waals surface area contributed by atoms with E-state index in [0.29, 0.717) is 23.5 Å². The molecule has 0 spiro atoms. The van der Waals surface area contributed by atoms with E-state index in [1.54, 1.807) is 17.0 Å². The number of halogens is 3. The van der Waals surface area contributed by atoms with Crippen molar-refractivity contribution in [2.24, 2.45) is 5.92 Å². The summed E-state index contributed by atoms with van der Waals surface area (Å²) >= 11 is 3.24. The highest BCUT2D eigenvalue weighted by Crippen LogP contribution is 2.24. The van der Waals surface area contributed by atoms with Crippen LogP contribution in [0.4, 0.5) is 4.39 Å². The van der Waals surface area contributed by atoms with Gasteiger partial charge in [-0.3, -0.25) is 4.79 Å². The lowest BCUT2D eigenvalue weighted by Gasteiger charge is -2.17. The Kier molecular flexibility index (Phi) is 6.23. The smallest absolute Gasteiger partial charge is 0.257 e. The Hall–Kier alpha value is -0.650. The standard InChI is InChI=1S/C13H16BrFN2O.ClH/c1-16-7-9-5-6-17(8-9)13(18)12-10(14)3-2-4-11(12)15;/h2-4,9,16H,5-8H2,1H3;1H. The van der Waals surface area contributed by atoms with Crippen LogP contribution in [0.3, 0.4) is 0 Å². The molecular formula is C13H17BrClFN2O. The second kappa shape index (κ2) is 7.22. The molecule has 1 aromatic rings. The van der Waals surface area contributed by atoms with Gasteiger partial charge in [0.05, 0.1) is 5.56 Å². The minimum atomic E-state index is -0.466. The van der Waals surface area contributed by atoms with E-state index in [1.807, 2.05) is 7.05 Å². The normalized spacial score (nSPS) is 18.3. The number of rotatable bonds is 3. The summed E-state index contributed by atoms with van der Waals surface area (Å²) < 4.78 is 14.2. The maximum atomic E-state index is 13.7. The van der Waals surface area contributed by atoms with Crippen LogP contribution in [0.2, 0.25) is 0 Å². The van der Waals surface area contributed by atoms with Crippen molar-refractivity contribution in [3.8, 4) is 0 Å². The van der Waals surface area contributed by atoms with Crippen molar-refractivity contribution in [3.63, 3.8) is 0 Å². The first-order chi connectivity index (χ1) is 8.63. The van der Waals surface area contributed by atoms with Gasteiger partial charge in [0.25, 0.3) is 5.91 Å². The molecule has 1 aliphatic heterocycles. The van der Waals surface area contributed by atoms with Gasteiger partial charge in [-0.25, -0.2) is 4.39 Å². The lowest BCUT2D eigenvalue weighted by Crippen LogP contribution is -2.31. The molecule has 19 heavy (non-hydrogen) atoms. The molecule has 6 heteroatoms. The highest BCUT2D eigenvalue weighted by Gasteiger charge is 2.28. The number of hydrogen-bond donors (Lipinski definition) is 1. The summed E-state index contributed by atoms with van der Waals surface area (Å²) in [6.07, 6.45) is 0.971. The molecule has 1 amide bonds. The number of carbonyl (C=O) groups is 1. The predicted molar refractivity (Wildman–Crippen MR) is 79.3 cm³/mol. The molecule has 0 aliphatic carbocycles. The largest absolute Gasteiger partial charge is 0.338 e. The Labute approximate surface area is 127 Å². The highest BCUT2D eigenvalue weighted by atomic mass is 79.9. The lowest BCUT2D eigenvalue weighted by atomic mass is 10.1. The molecule has 1 heterocycles. The molecule has 0 bridgehead atoms. The van der Waals surface area contributed by atoms with Crippen LogP contribution in [-0.4, -0.2) is 37.5 Å². The highest BCUT2D eigenvalue weighted by molar-refractivity contribution is 9.10. The number of likely N-dealkylation sites (tertiary alicyclic amines) is 1. The van der Waals surface area contributed by atoms with Gasteiger partial charge in [-0.1, -0.05) is 6.07 Å². The summed E-state index contributed by atoms with van der Waals surface area (Å²) in [7, 11) is 1.90. The van der Waals surface area contributed by atoms with Crippen molar-refractivity contribution in [1.82, 2.24) is 10.2 Å². The topological polar surface area (TPSA) is 32.3 Å². The second-order valence-corrected chi connectivity index (χ2v) is 5.41. The van der Waals surface area contributed by atoms with E-state index in [0.717, 1.165) is 13.0 Å². The van der Waals surface area contributed by atoms with Crippen LogP contribution in [0.25, 0.3) is 0 Å². The fourth-order valence-electron chi connectivity index (χ4n) is 2.33. The third-order valence-electron chi connectivity index (χ3n) is 3.24. The van der Waals surface area contributed by atoms with Gasteiger partial charge in [0.1, 0.15) is 5.82 Å². The minimum absolute atomic E-state index is 0. The molecule has 1 saturated heterocycles. The SMILES string of the molecule is CNCC1CCN(C(=O)c2c(F)cccc2Br)C1.Cl. The molecule has 3 nitrogen and oxygen atoms in total. The first kappa shape index (κ1) is 16.4. The quantitative estimate of drug-likeness (QED) is 0.908. The fourth-order valence-corrected chi connectivity index (χ4v) is 2.84. The van der Waals surface area contributed by atoms with Gasteiger partial charge in [-0.05, 0) is 54.0 Å². The van der Waals surface area contributed by atoms with Crippen molar-refractivity contribution in [2.75, 3.05) is 26.7 Å². The van der Waals surface area contributed by atoms with Crippen LogP contribution in [0.5, 0.6) is 0 Å². The minimum Gasteiger partial charge on any atom is -0.338 e. The van der Waals surface area contributed by atoms with E-state index in [-0.39, 0.29) is 23.9 Å². The van der Waals surface area contributed by atoms with Gasteiger partial charge in [-0.15, -0.1) is 12.4 Å². The van der Waals surface area contributed by atoms with Gasteiger partial charge in [0, 0.05) is 17.6 Å². The van der Waals surface area contributed by atoms with Crippen molar-refractivity contribution in [3.05, 3.63) is 34.1 Å². The van der Waals surface area contributed by atoms with E-state index < -0.39 is 5.82 Å². The van der Waals surface area contributed by atoms with Crippen LogP contribution in [0, 0.1) is 11.7 Å². The van der Waals surface area contributed by atoms with Crippen LogP contribution in [0.15, 0.2) is 22.7 Å². The molecule has 0 radical (unpaired) electrons. The predicted octanol–water partition coefficient (Wildman–Crippen LogP) is 2.69. The molecule has 1 unspecified atom stereocenters. The Morgan fingerprint density at radius 2 is 2.32 bits per heavy atom. The van der Waals surface area contributed by atoms with Gasteiger partial charge in [-0.2, -0.15) is 0 Å². The van der Waals surface area contributed by atoms with E-state index in [9.17, 15) is 9.18 Å². The molecule has 106 valence electrons. The third-order valence-corrected chi connectivity index (χ3v) is 3.90. The molecule has 0 aromatic heterocycles. The molecule has 1 aliphatic rings. The fraction of sp³-hybridized carbons (Fsp3) is 0.462. The van der Waals surface area contributed by atoms with E-state index in [2.05, 4.69) is 21.2 Å². The van der Waals surface area contributed by atoms with Crippen LogP contribution in [0.1, 0.15) is 16.8 Å². The molecule has 1 atom stereocenters. The van der Waals surface area contributed by atoms with Crippen molar-refractivity contribution in [1.29, 1.82) is 0 Å². The zero-order valence-corrected chi connectivity index (χ0v) is 13.1. The van der Waals surface area contributed by atoms with E-state index in [1.165, 1.54) is 6.07 Å². The van der Waals surface area contributed by atoms with E-state index in [4.69, 9.17) is 0 Å². The summed E-state index contributed by atoms with van der Waals surface area (Å²) in [4.78, 5) is 14.0. The lowest BCUT2D eigenvalue weighted by molar-refractivity contribution is 0.0781. The van der Waals surface area contributed by atoms with Crippen LogP contribution >= 0.6 is 28.3 Å². The summed E-state index contributed by atoms with van der Waals surface area (Å²) in [6, 6.07) is 4.60. The Bertz CT molecular complexity index is 438. The number of hydrogen-bond acceptors (Lipinski definition) is 2. The molecule has 0 saturated carbocycles. The maximum Gasteiger partial charge on any atom is 0.257 e. The number of amides is 1. The Morgan fingerprint density at radius 3 is 2.95 bits per heavy atom. The molecule has 1 fully saturated rings. The van der Waals surface area contributed by atoms with Gasteiger partial charge in [0.2, 0.25) is 0 Å². The van der Waals surface area contributed by atoms with Gasteiger partial charge in [0.15, 0.2) is 0 Å². The maximum absolute atomic E-state index is 13.7. The number of nitrogens with zero attached hydrogens (tertiary/aromatic N) is 1. The van der Waals surface area contributed by atoms with Crippen LogP contribution < -0.4 is 5.32 Å². The summed E-state index contributed by atoms with van der Waals surface area (Å²) in [5.41, 5.74) is 0.141. The Balaban J connectivity index is 0.00000180. The summed E-state index contributed by atoms with van der Waals surface area (Å²) in [5.74, 6) is -0.227. The van der Waals surface area contributed by atoms with E-state index >= 15 is 0 Å². The number of carbonyl (C=O) groups excluding carboxylic acids is 1. The number of nitrogens with one attached hydrogen (secondary N) is 1. The van der Waals surface area contributed by atoms with Crippen LogP contribution in [-0.2, 0) is 0 Å². The number of benzene rings is 1. The summed E-state index contributed by atoms with van der Waals surface area (Å²) in [6.45, 7) is 2.29. The molecule has 1 aromatic carbocycles. The Morgan fingerprint density at radius 1 is 1.58 bits per heavy atom. The molecule has 2 rings (SSSR count). The van der Waals surface area contributed by atoms with Crippen molar-refractivity contribution in [2.45, 2.75) is 6.42 Å². The first-order valence-electron chi connectivity index (χ1n) is 6.01. The molecular weight excluding hydrogens is 335 g/mol. The van der Waals surface area contributed by atoms with Crippen molar-refractivity contribution >= 4 is 34.2 Å². The zero-order chi connectivity index (χ0) is 13.1. The molecule has 1 N–H and O–H groups in total. The summed E-state index contributed by atoms with van der Waals surface area (Å²) in [5, 5.41) is 3.11. The second-order valence-electron chi connectivity index (χ2n) is 4.56. The third kappa shape index (κ3) is 3.68. The average Bonchev–Trinajstić information content (AvgIpc) is 2.78. The zero-order valence-electron chi connectivity index (χ0n) is 10.7. The van der Waals surface area contributed by atoms with Crippen molar-refractivity contribution < 1.29 is 9.18 Å². The first-order valence-corrected chi connectivity index (χ1v) is 6.80. The van der Waals surface area contributed by atoms with Gasteiger partial charge >= 0.3 is 0 Å². The van der Waals surface area contributed by atoms with Gasteiger partial charge < -0.3 is 10.2 Å².